The third-order valence-electron chi connectivity index (χ3n) is 4.71. The second-order valence-corrected chi connectivity index (χ2v) is 8.56. The van der Waals surface area contributed by atoms with Gasteiger partial charge in [-0.15, -0.1) is 10.2 Å². The van der Waals surface area contributed by atoms with Gasteiger partial charge in [-0.1, -0.05) is 42.4 Å². The molecule has 1 heterocycles. The van der Waals surface area contributed by atoms with Crippen molar-refractivity contribution in [1.82, 2.24) is 20.1 Å². The zero-order valence-electron chi connectivity index (χ0n) is 17.6. The molecule has 7 nitrogen and oxygen atoms in total. The first kappa shape index (κ1) is 23.7. The van der Waals surface area contributed by atoms with Gasteiger partial charge in [-0.2, -0.15) is 0 Å². The SMILES string of the molecule is CC[C@@H](Sc1nnc(CCNC(=O)c2ccc(Cl)cc2)n1C)C(=O)Nc1ccccc1F. The smallest absolute Gasteiger partial charge is 0.251 e. The van der Waals surface area contributed by atoms with Gasteiger partial charge in [0.1, 0.15) is 11.6 Å². The number of benzene rings is 2. The highest BCUT2D eigenvalue weighted by atomic mass is 35.5. The average molecular weight is 476 g/mol. The third-order valence-corrected chi connectivity index (χ3v) is 6.36. The average Bonchev–Trinajstić information content (AvgIpc) is 3.13. The van der Waals surface area contributed by atoms with Crippen molar-refractivity contribution >= 4 is 40.9 Å². The van der Waals surface area contributed by atoms with Crippen molar-refractivity contribution in [2.75, 3.05) is 11.9 Å². The van der Waals surface area contributed by atoms with E-state index in [4.69, 9.17) is 11.6 Å². The predicted octanol–water partition coefficient (Wildman–Crippen LogP) is 4.09. The van der Waals surface area contributed by atoms with E-state index in [1.54, 1.807) is 48.0 Å². The number of nitrogens with one attached hydrogen (secondary N) is 2. The fraction of sp³-hybridized carbons (Fsp3) is 0.273. The minimum absolute atomic E-state index is 0.145. The van der Waals surface area contributed by atoms with Crippen LogP contribution in [-0.2, 0) is 18.3 Å². The summed E-state index contributed by atoms with van der Waals surface area (Å²) in [5.41, 5.74) is 0.668. The molecule has 10 heteroatoms. The first-order valence-corrected chi connectivity index (χ1v) is 11.3. The molecule has 2 aromatic carbocycles. The van der Waals surface area contributed by atoms with Crippen LogP contribution < -0.4 is 10.6 Å². The van der Waals surface area contributed by atoms with E-state index in [0.717, 1.165) is 0 Å². The first-order chi connectivity index (χ1) is 15.4. The molecule has 0 fully saturated rings. The van der Waals surface area contributed by atoms with E-state index in [9.17, 15) is 14.0 Å². The molecule has 0 spiro atoms. The highest BCUT2D eigenvalue weighted by Crippen LogP contribution is 2.25. The van der Waals surface area contributed by atoms with Crippen molar-refractivity contribution in [3.63, 3.8) is 0 Å². The number of rotatable bonds is 9. The molecular formula is C22H23ClFN5O2S. The lowest BCUT2D eigenvalue weighted by molar-refractivity contribution is -0.115. The third kappa shape index (κ3) is 6.08. The number of hydrogen-bond acceptors (Lipinski definition) is 5. The zero-order valence-corrected chi connectivity index (χ0v) is 19.2. The second-order valence-electron chi connectivity index (χ2n) is 6.95. The molecule has 0 saturated heterocycles. The number of carbonyl (C=O) groups excluding carboxylic acids is 2. The van der Waals surface area contributed by atoms with Crippen LogP contribution in [0.2, 0.25) is 5.02 Å². The summed E-state index contributed by atoms with van der Waals surface area (Å²) in [7, 11) is 1.81. The summed E-state index contributed by atoms with van der Waals surface area (Å²) in [6.45, 7) is 2.26. The topological polar surface area (TPSA) is 88.9 Å². The second kappa shape index (κ2) is 11.1. The number of anilines is 1. The van der Waals surface area contributed by atoms with Crippen LogP contribution in [-0.4, -0.2) is 38.4 Å². The number of thioether (sulfide) groups is 1. The van der Waals surface area contributed by atoms with E-state index >= 15 is 0 Å². The van der Waals surface area contributed by atoms with Gasteiger partial charge < -0.3 is 15.2 Å². The van der Waals surface area contributed by atoms with Crippen LogP contribution in [0, 0.1) is 5.82 Å². The molecule has 2 N–H and O–H groups in total. The minimum atomic E-state index is -0.484. The molecule has 3 rings (SSSR count). The lowest BCUT2D eigenvalue weighted by Gasteiger charge is -2.14. The van der Waals surface area contributed by atoms with Crippen molar-refractivity contribution in [3.05, 3.63) is 70.8 Å². The maximum absolute atomic E-state index is 13.8. The van der Waals surface area contributed by atoms with Gasteiger partial charge in [0.15, 0.2) is 5.16 Å². The van der Waals surface area contributed by atoms with E-state index in [1.807, 2.05) is 6.92 Å². The van der Waals surface area contributed by atoms with Crippen LogP contribution >= 0.6 is 23.4 Å². The van der Waals surface area contributed by atoms with E-state index < -0.39 is 11.1 Å². The molecule has 0 radical (unpaired) electrons. The summed E-state index contributed by atoms with van der Waals surface area (Å²) in [5.74, 6) is -0.313. The summed E-state index contributed by atoms with van der Waals surface area (Å²) in [4.78, 5) is 24.8. The zero-order chi connectivity index (χ0) is 23.1. The van der Waals surface area contributed by atoms with Gasteiger partial charge in [0.25, 0.3) is 5.91 Å². The number of aromatic nitrogens is 3. The molecule has 1 aromatic heterocycles. The normalized spacial score (nSPS) is 11.8. The molecule has 32 heavy (non-hydrogen) atoms. The van der Waals surface area contributed by atoms with Crippen molar-refractivity contribution < 1.29 is 14.0 Å². The Balaban J connectivity index is 1.56. The molecule has 0 aliphatic heterocycles. The van der Waals surface area contributed by atoms with Gasteiger partial charge in [-0.25, -0.2) is 4.39 Å². The molecule has 3 aromatic rings. The molecule has 0 aliphatic rings. The fourth-order valence-electron chi connectivity index (χ4n) is 2.88. The van der Waals surface area contributed by atoms with Crippen molar-refractivity contribution in [2.45, 2.75) is 30.2 Å². The quantitative estimate of drug-likeness (QED) is 0.455. The largest absolute Gasteiger partial charge is 0.352 e. The van der Waals surface area contributed by atoms with Gasteiger partial charge in [0, 0.05) is 30.6 Å². The first-order valence-electron chi connectivity index (χ1n) is 10.0. The highest BCUT2D eigenvalue weighted by molar-refractivity contribution is 8.00. The van der Waals surface area contributed by atoms with Crippen molar-refractivity contribution in [3.8, 4) is 0 Å². The summed E-state index contributed by atoms with van der Waals surface area (Å²) < 4.78 is 15.6. The van der Waals surface area contributed by atoms with Gasteiger partial charge in [-0.05, 0) is 42.8 Å². The Morgan fingerprint density at radius 1 is 1.16 bits per heavy atom. The van der Waals surface area contributed by atoms with Crippen molar-refractivity contribution in [2.24, 2.45) is 7.05 Å². The van der Waals surface area contributed by atoms with Gasteiger partial charge >= 0.3 is 0 Å². The van der Waals surface area contributed by atoms with Gasteiger partial charge in [0.05, 0.1) is 10.9 Å². The van der Waals surface area contributed by atoms with Crippen LogP contribution in [0.15, 0.2) is 53.7 Å². The van der Waals surface area contributed by atoms with E-state index in [-0.39, 0.29) is 17.5 Å². The lowest BCUT2D eigenvalue weighted by atomic mass is 10.2. The number of amides is 2. The van der Waals surface area contributed by atoms with Crippen molar-refractivity contribution in [1.29, 1.82) is 0 Å². The number of hydrogen-bond donors (Lipinski definition) is 2. The number of halogens is 2. The van der Waals surface area contributed by atoms with Crippen LogP contribution in [0.3, 0.4) is 0 Å². The van der Waals surface area contributed by atoms with Crippen LogP contribution in [0.4, 0.5) is 10.1 Å². The summed E-state index contributed by atoms with van der Waals surface area (Å²) in [6, 6.07) is 12.7. The van der Waals surface area contributed by atoms with Gasteiger partial charge in [0.2, 0.25) is 5.91 Å². The molecular weight excluding hydrogens is 453 g/mol. The monoisotopic (exact) mass is 475 g/mol. The molecule has 168 valence electrons. The van der Waals surface area contributed by atoms with Crippen LogP contribution in [0.1, 0.15) is 29.5 Å². The standard InChI is InChI=1S/C22H23ClFN5O2S/c1-3-18(21(31)26-17-7-5-4-6-16(17)24)32-22-28-27-19(29(22)2)12-13-25-20(30)14-8-10-15(23)11-9-14/h4-11,18H,3,12-13H2,1-2H3,(H,25,30)(H,26,31)/t18-/m1/s1. The summed E-state index contributed by atoms with van der Waals surface area (Å²) in [5, 5.41) is 14.5. The molecule has 0 aliphatic carbocycles. The van der Waals surface area contributed by atoms with E-state index in [1.165, 1.54) is 23.9 Å². The Hall–Kier alpha value is -2.91. The maximum Gasteiger partial charge on any atom is 0.251 e. The Bertz CT molecular complexity index is 1090. The Kier molecular flexibility index (Phi) is 8.24. The van der Waals surface area contributed by atoms with Crippen LogP contribution in [0.25, 0.3) is 0 Å². The van der Waals surface area contributed by atoms with E-state index in [2.05, 4.69) is 20.8 Å². The van der Waals surface area contributed by atoms with E-state index in [0.29, 0.717) is 41.0 Å². The summed E-state index contributed by atoms with van der Waals surface area (Å²) in [6.07, 6.45) is 1.01. The van der Waals surface area contributed by atoms with Gasteiger partial charge in [-0.3, -0.25) is 9.59 Å². The molecule has 0 saturated carbocycles. The Morgan fingerprint density at radius 2 is 1.88 bits per heavy atom. The van der Waals surface area contributed by atoms with Crippen LogP contribution in [0.5, 0.6) is 0 Å². The number of para-hydroxylation sites is 1. The lowest BCUT2D eigenvalue weighted by Crippen LogP contribution is -2.26. The predicted molar refractivity (Wildman–Crippen MR) is 123 cm³/mol. The number of nitrogens with zero attached hydrogens (tertiary/aromatic N) is 3. The Labute approximate surface area is 194 Å². The molecule has 0 unspecified atom stereocenters. The molecule has 0 bridgehead atoms. The number of carbonyl (C=O) groups is 2. The maximum atomic E-state index is 13.8. The Morgan fingerprint density at radius 3 is 2.56 bits per heavy atom. The molecule has 2 amide bonds. The fourth-order valence-corrected chi connectivity index (χ4v) is 3.95. The minimum Gasteiger partial charge on any atom is -0.352 e. The molecule has 1 atom stereocenters. The summed E-state index contributed by atoms with van der Waals surface area (Å²) >= 11 is 7.10. The highest BCUT2D eigenvalue weighted by Gasteiger charge is 2.22.